The summed E-state index contributed by atoms with van der Waals surface area (Å²) in [6, 6.07) is 4.89. The van der Waals surface area contributed by atoms with E-state index < -0.39 is 66.5 Å². The molecule has 210 valence electrons. The van der Waals surface area contributed by atoms with Crippen molar-refractivity contribution in [2.45, 2.75) is 107 Å². The van der Waals surface area contributed by atoms with Gasteiger partial charge in [-0.15, -0.1) is 13.2 Å². The molecule has 3 fully saturated rings. The highest BCUT2D eigenvalue weighted by atomic mass is 19.4. The summed E-state index contributed by atoms with van der Waals surface area (Å²) in [5, 5.41) is 48.1. The lowest BCUT2D eigenvalue weighted by molar-refractivity contribution is -0.485. The standard InChI is InChI=1S/C25H36F3NO8/c1-4-16-18(30)17(29-3)20-21(19(16)31)35-22-24(33,37-20)23(32,12-13(2)34-22)10-6-8-14-7-5-9-15(11-14)36-25(26,27)28/h5,7,9,11,13,16-22,29-33H,4,6,8,10,12H2,1-3H3/t13-,16-,17+,18+,19+,20-,21-,22+,23+,24-/m1/s1. The van der Waals surface area contributed by atoms with Crippen LogP contribution >= 0.6 is 0 Å². The molecule has 0 bridgehead atoms. The van der Waals surface area contributed by atoms with Crippen molar-refractivity contribution in [1.29, 1.82) is 0 Å². The number of alkyl halides is 3. The van der Waals surface area contributed by atoms with Gasteiger partial charge in [0, 0.05) is 12.3 Å². The van der Waals surface area contributed by atoms with Crippen LogP contribution in [0, 0.1) is 5.92 Å². The molecule has 0 aromatic heterocycles. The molecule has 0 radical (unpaired) electrons. The van der Waals surface area contributed by atoms with Crippen LogP contribution in [0.3, 0.4) is 0 Å². The van der Waals surface area contributed by atoms with Gasteiger partial charge in [0.2, 0.25) is 12.1 Å². The largest absolute Gasteiger partial charge is 0.573 e. The summed E-state index contributed by atoms with van der Waals surface area (Å²) >= 11 is 0. The smallest absolute Gasteiger partial charge is 0.406 e. The summed E-state index contributed by atoms with van der Waals surface area (Å²) in [5.41, 5.74) is -1.27. The number of rotatable bonds is 7. The molecule has 12 heteroatoms. The molecule has 10 atom stereocenters. The predicted molar refractivity (Wildman–Crippen MR) is 123 cm³/mol. The number of hydrogen-bond acceptors (Lipinski definition) is 9. The fourth-order valence-corrected chi connectivity index (χ4v) is 6.02. The molecule has 0 amide bonds. The second-order valence-corrected chi connectivity index (χ2v) is 10.3. The maximum atomic E-state index is 12.6. The predicted octanol–water partition coefficient (Wildman–Crippen LogP) is 1.60. The lowest BCUT2D eigenvalue weighted by Gasteiger charge is -2.60. The fraction of sp³-hybridized carbons (Fsp3) is 0.760. The third kappa shape index (κ3) is 5.48. The number of ether oxygens (including phenoxy) is 4. The molecule has 3 aliphatic rings. The first-order valence-electron chi connectivity index (χ1n) is 12.6. The van der Waals surface area contributed by atoms with Gasteiger partial charge in [0.05, 0.1) is 24.4 Å². The average Bonchev–Trinajstić information content (AvgIpc) is 2.79. The van der Waals surface area contributed by atoms with E-state index in [1.54, 1.807) is 20.0 Å². The Balaban J connectivity index is 1.52. The SMILES string of the molecule is CC[C@@H]1[C@H](O)[C@H](NC)[C@H]2O[C@]3(O)[C@H](O[C@@H]2[C@H]1O)O[C@H](C)C[C@@]3(O)CCCc1cccc(OC(F)(F)F)c1. The Bertz CT molecular complexity index is 937. The first-order valence-corrected chi connectivity index (χ1v) is 12.6. The molecule has 0 unspecified atom stereocenters. The molecule has 5 N–H and O–H groups in total. The number of nitrogens with one attached hydrogen (secondary N) is 1. The van der Waals surface area contributed by atoms with Crippen LogP contribution in [-0.4, -0.2) is 88.1 Å². The number of hydrogen-bond donors (Lipinski definition) is 5. The number of aryl methyl sites for hydroxylation is 1. The Hall–Kier alpha value is -1.51. The second-order valence-electron chi connectivity index (χ2n) is 10.3. The van der Waals surface area contributed by atoms with Crippen LogP contribution in [-0.2, 0) is 20.6 Å². The molecule has 1 aromatic rings. The van der Waals surface area contributed by atoms with Gasteiger partial charge in [-0.05, 0) is 57.4 Å². The molecule has 2 heterocycles. The zero-order chi connectivity index (χ0) is 27.2. The number of aliphatic hydroxyl groups excluding tert-OH is 2. The van der Waals surface area contributed by atoms with Crippen LogP contribution in [0.5, 0.6) is 5.75 Å². The summed E-state index contributed by atoms with van der Waals surface area (Å²) in [4.78, 5) is 0. The molecule has 2 aliphatic heterocycles. The summed E-state index contributed by atoms with van der Waals surface area (Å²) in [6.07, 6.45) is -9.59. The van der Waals surface area contributed by atoms with Crippen LogP contribution < -0.4 is 10.1 Å². The number of halogens is 3. The lowest BCUT2D eigenvalue weighted by atomic mass is 9.73. The van der Waals surface area contributed by atoms with Crippen molar-refractivity contribution >= 4 is 0 Å². The van der Waals surface area contributed by atoms with E-state index in [9.17, 15) is 33.6 Å². The number of fused-ring (bicyclic) bond motifs is 2. The van der Waals surface area contributed by atoms with E-state index in [0.717, 1.165) is 0 Å². The van der Waals surface area contributed by atoms with Crippen LogP contribution in [0.2, 0.25) is 0 Å². The van der Waals surface area contributed by atoms with Gasteiger partial charge in [-0.2, -0.15) is 0 Å². The summed E-state index contributed by atoms with van der Waals surface area (Å²) in [6.45, 7) is 3.55. The molecule has 2 saturated heterocycles. The Morgan fingerprint density at radius 2 is 1.86 bits per heavy atom. The summed E-state index contributed by atoms with van der Waals surface area (Å²) in [5.74, 6) is -3.14. The summed E-state index contributed by atoms with van der Waals surface area (Å²) < 4.78 is 59.6. The maximum Gasteiger partial charge on any atom is 0.573 e. The van der Waals surface area contributed by atoms with Crippen molar-refractivity contribution in [3.8, 4) is 5.75 Å². The molecule has 4 rings (SSSR count). The first kappa shape index (κ1) is 28.5. The van der Waals surface area contributed by atoms with Crippen LogP contribution in [0.1, 0.15) is 45.1 Å². The highest BCUT2D eigenvalue weighted by Crippen LogP contribution is 2.49. The molecular weight excluding hydrogens is 499 g/mol. The maximum absolute atomic E-state index is 12.6. The zero-order valence-corrected chi connectivity index (χ0v) is 21.0. The Kier molecular flexibility index (Phi) is 8.14. The van der Waals surface area contributed by atoms with E-state index in [4.69, 9.17) is 14.2 Å². The van der Waals surface area contributed by atoms with Gasteiger partial charge in [0.15, 0.2) is 0 Å². The highest BCUT2D eigenvalue weighted by Gasteiger charge is 2.68. The molecular formula is C25H36F3NO8. The van der Waals surface area contributed by atoms with E-state index in [1.807, 2.05) is 6.92 Å². The molecule has 0 spiro atoms. The topological polar surface area (TPSA) is 130 Å². The van der Waals surface area contributed by atoms with Gasteiger partial charge in [0.25, 0.3) is 0 Å². The van der Waals surface area contributed by atoms with Gasteiger partial charge in [0.1, 0.15) is 23.6 Å². The van der Waals surface area contributed by atoms with Gasteiger partial charge in [-0.25, -0.2) is 0 Å². The molecule has 1 aromatic carbocycles. The van der Waals surface area contributed by atoms with Gasteiger partial charge in [-0.1, -0.05) is 19.1 Å². The van der Waals surface area contributed by atoms with Gasteiger partial charge < -0.3 is 44.7 Å². The molecule has 1 saturated carbocycles. The molecule has 1 aliphatic carbocycles. The van der Waals surface area contributed by atoms with Crippen molar-refractivity contribution < 1.29 is 52.5 Å². The third-order valence-corrected chi connectivity index (χ3v) is 7.82. The van der Waals surface area contributed by atoms with Crippen molar-refractivity contribution in [1.82, 2.24) is 5.32 Å². The van der Waals surface area contributed by atoms with Crippen molar-refractivity contribution in [2.75, 3.05) is 7.05 Å². The Morgan fingerprint density at radius 3 is 2.51 bits per heavy atom. The van der Waals surface area contributed by atoms with Crippen molar-refractivity contribution in [3.63, 3.8) is 0 Å². The third-order valence-electron chi connectivity index (χ3n) is 7.82. The Morgan fingerprint density at radius 1 is 1.14 bits per heavy atom. The quantitative estimate of drug-likeness (QED) is 0.354. The number of aliphatic hydroxyl groups is 4. The fourth-order valence-electron chi connectivity index (χ4n) is 6.02. The minimum absolute atomic E-state index is 0.00484. The van der Waals surface area contributed by atoms with E-state index in [1.165, 1.54) is 18.2 Å². The lowest BCUT2D eigenvalue weighted by Crippen LogP contribution is -2.78. The van der Waals surface area contributed by atoms with Crippen molar-refractivity contribution in [2.24, 2.45) is 5.92 Å². The second kappa shape index (κ2) is 10.6. The van der Waals surface area contributed by atoms with Crippen LogP contribution in [0.4, 0.5) is 13.2 Å². The minimum Gasteiger partial charge on any atom is -0.406 e. The van der Waals surface area contributed by atoms with Gasteiger partial charge >= 0.3 is 6.36 Å². The van der Waals surface area contributed by atoms with Crippen LogP contribution in [0.25, 0.3) is 0 Å². The number of likely N-dealkylation sites (N-methyl/N-ethyl adjacent to an activating group) is 1. The Labute approximate surface area is 213 Å². The number of benzene rings is 1. The monoisotopic (exact) mass is 535 g/mol. The zero-order valence-electron chi connectivity index (χ0n) is 21.0. The highest BCUT2D eigenvalue weighted by molar-refractivity contribution is 5.28. The average molecular weight is 536 g/mol. The normalized spacial score (nSPS) is 42.1. The van der Waals surface area contributed by atoms with Gasteiger partial charge in [-0.3, -0.25) is 0 Å². The van der Waals surface area contributed by atoms with Crippen molar-refractivity contribution in [3.05, 3.63) is 29.8 Å². The molecule has 9 nitrogen and oxygen atoms in total. The van der Waals surface area contributed by atoms with E-state index in [2.05, 4.69) is 10.1 Å². The van der Waals surface area contributed by atoms with Crippen LogP contribution in [0.15, 0.2) is 24.3 Å². The van der Waals surface area contributed by atoms with E-state index in [0.29, 0.717) is 24.8 Å². The summed E-state index contributed by atoms with van der Waals surface area (Å²) in [7, 11) is 1.62. The minimum atomic E-state index is -4.80. The first-order chi connectivity index (χ1) is 17.3. The molecule has 37 heavy (non-hydrogen) atoms. The van der Waals surface area contributed by atoms with E-state index >= 15 is 0 Å². The van der Waals surface area contributed by atoms with E-state index in [-0.39, 0.29) is 18.6 Å².